The Hall–Kier alpha value is -2.68. The number of imide groups is 1. The Kier molecular flexibility index (Phi) is 6.46. The van der Waals surface area contributed by atoms with E-state index < -0.39 is 0 Å². The van der Waals surface area contributed by atoms with Crippen molar-refractivity contribution in [2.45, 2.75) is 38.8 Å². The lowest BCUT2D eigenvalue weighted by atomic mass is 10.0. The summed E-state index contributed by atoms with van der Waals surface area (Å²) in [6.07, 6.45) is 4.33. The fraction of sp³-hybridized carbons (Fsp3) is 0.400. The first-order valence-corrected chi connectivity index (χ1v) is 12.7. The van der Waals surface area contributed by atoms with Gasteiger partial charge in [-0.3, -0.25) is 14.7 Å². The lowest BCUT2D eigenvalue weighted by molar-refractivity contribution is -0.131. The standard InChI is InChI=1S/C25H27ClN4O3S/c1-15-10-16(26)11-20(23(15)33-17-4-3-7-27-13-17)19-5-8-28-21-12-18(34-24(19)21)14-30-22(31)6-9-29(2)25(30)32/h5,8,10-12,17,27H,3-4,6-7,9,13-14H2,1-2H3/t17-/m0/s1. The normalized spacial score (nSPS) is 19.2. The van der Waals surface area contributed by atoms with Crippen molar-refractivity contribution in [3.05, 3.63) is 45.9 Å². The van der Waals surface area contributed by atoms with E-state index in [4.69, 9.17) is 16.3 Å². The zero-order chi connectivity index (χ0) is 23.8. The first kappa shape index (κ1) is 23.1. The topological polar surface area (TPSA) is 74.8 Å². The van der Waals surface area contributed by atoms with E-state index in [0.717, 1.165) is 63.5 Å². The Labute approximate surface area is 207 Å². The highest BCUT2D eigenvalue weighted by Crippen LogP contribution is 2.42. The van der Waals surface area contributed by atoms with Crippen molar-refractivity contribution in [2.75, 3.05) is 26.7 Å². The number of rotatable bonds is 5. The number of carbonyl (C=O) groups is 2. The summed E-state index contributed by atoms with van der Waals surface area (Å²) in [6.45, 7) is 4.56. The van der Waals surface area contributed by atoms with Crippen LogP contribution in [0.2, 0.25) is 5.02 Å². The van der Waals surface area contributed by atoms with Crippen molar-refractivity contribution >= 4 is 45.1 Å². The Balaban J connectivity index is 1.53. The highest BCUT2D eigenvalue weighted by Gasteiger charge is 2.30. The minimum atomic E-state index is -0.260. The average molecular weight is 499 g/mol. The fourth-order valence-electron chi connectivity index (χ4n) is 4.57. The maximum Gasteiger partial charge on any atom is 0.326 e. The number of hydrogen-bond acceptors (Lipinski definition) is 6. The molecule has 3 aromatic rings. The number of ether oxygens (including phenoxy) is 1. The van der Waals surface area contributed by atoms with Crippen LogP contribution in [-0.2, 0) is 11.3 Å². The number of nitrogens with zero attached hydrogens (tertiary/aromatic N) is 3. The Morgan fingerprint density at radius 3 is 2.91 bits per heavy atom. The summed E-state index contributed by atoms with van der Waals surface area (Å²) in [6, 6.07) is 7.55. The molecule has 2 aliphatic heterocycles. The summed E-state index contributed by atoms with van der Waals surface area (Å²) in [5.41, 5.74) is 3.73. The van der Waals surface area contributed by atoms with Crippen LogP contribution in [0.15, 0.2) is 30.5 Å². The lowest BCUT2D eigenvalue weighted by Crippen LogP contribution is -2.49. The van der Waals surface area contributed by atoms with E-state index in [2.05, 4.69) is 10.3 Å². The molecule has 5 rings (SSSR count). The van der Waals surface area contributed by atoms with Gasteiger partial charge >= 0.3 is 6.03 Å². The van der Waals surface area contributed by atoms with Gasteiger partial charge in [-0.1, -0.05) is 11.6 Å². The van der Waals surface area contributed by atoms with E-state index in [1.165, 1.54) is 4.90 Å². The van der Waals surface area contributed by atoms with E-state index in [1.807, 2.05) is 31.2 Å². The van der Waals surface area contributed by atoms with Gasteiger partial charge in [0, 0.05) is 53.8 Å². The number of nitrogens with one attached hydrogen (secondary N) is 1. The number of halogens is 1. The molecule has 0 saturated carbocycles. The first-order valence-electron chi connectivity index (χ1n) is 11.5. The molecule has 0 unspecified atom stereocenters. The molecule has 0 bridgehead atoms. The number of carbonyl (C=O) groups excluding carboxylic acids is 2. The van der Waals surface area contributed by atoms with Crippen LogP contribution in [0, 0.1) is 6.92 Å². The first-order chi connectivity index (χ1) is 16.4. The van der Waals surface area contributed by atoms with E-state index >= 15 is 0 Å². The predicted molar refractivity (Wildman–Crippen MR) is 135 cm³/mol. The van der Waals surface area contributed by atoms with Gasteiger partial charge < -0.3 is 15.0 Å². The molecule has 0 aliphatic carbocycles. The summed E-state index contributed by atoms with van der Waals surface area (Å²) in [5.74, 6) is 0.694. The number of amides is 3. The smallest absolute Gasteiger partial charge is 0.326 e. The maximum atomic E-state index is 12.5. The van der Waals surface area contributed by atoms with Crippen molar-refractivity contribution in [3.63, 3.8) is 0 Å². The third kappa shape index (κ3) is 4.50. The molecule has 1 aromatic carbocycles. The molecule has 0 radical (unpaired) electrons. The summed E-state index contributed by atoms with van der Waals surface area (Å²) in [5, 5.41) is 4.05. The molecule has 178 valence electrons. The molecule has 1 atom stereocenters. The SMILES string of the molecule is Cc1cc(Cl)cc(-c2ccnc3cc(CN4C(=O)CCN(C)C4=O)sc23)c1O[C@H]1CCCNC1. The lowest BCUT2D eigenvalue weighted by Gasteiger charge is -2.31. The number of aromatic nitrogens is 1. The molecular formula is C25H27ClN4O3S. The van der Waals surface area contributed by atoms with Crippen molar-refractivity contribution in [1.29, 1.82) is 0 Å². The van der Waals surface area contributed by atoms with Gasteiger partial charge in [-0.2, -0.15) is 0 Å². The molecule has 2 fully saturated rings. The molecule has 7 nitrogen and oxygen atoms in total. The van der Waals surface area contributed by atoms with E-state index in [0.29, 0.717) is 18.0 Å². The fourth-order valence-corrected chi connectivity index (χ4v) is 5.97. The number of aryl methyl sites for hydroxylation is 1. The van der Waals surface area contributed by atoms with Crippen molar-refractivity contribution in [2.24, 2.45) is 0 Å². The minimum absolute atomic E-state index is 0.108. The number of piperidine rings is 1. The van der Waals surface area contributed by atoms with Gasteiger partial charge in [-0.05, 0) is 56.1 Å². The van der Waals surface area contributed by atoms with Crippen LogP contribution in [0.4, 0.5) is 4.79 Å². The van der Waals surface area contributed by atoms with Gasteiger partial charge in [0.15, 0.2) is 0 Å². The number of hydrogen-bond donors (Lipinski definition) is 1. The minimum Gasteiger partial charge on any atom is -0.488 e. The van der Waals surface area contributed by atoms with Crippen molar-refractivity contribution in [1.82, 2.24) is 20.1 Å². The predicted octanol–water partition coefficient (Wildman–Crippen LogP) is 4.84. The Morgan fingerprint density at radius 1 is 1.26 bits per heavy atom. The molecule has 2 aliphatic rings. The molecule has 0 spiro atoms. The van der Waals surface area contributed by atoms with Crippen LogP contribution in [0.3, 0.4) is 0 Å². The van der Waals surface area contributed by atoms with Crippen molar-refractivity contribution < 1.29 is 14.3 Å². The van der Waals surface area contributed by atoms with Crippen molar-refractivity contribution in [3.8, 4) is 16.9 Å². The second-order valence-corrected chi connectivity index (χ2v) is 10.5. The zero-order valence-electron chi connectivity index (χ0n) is 19.3. The van der Waals surface area contributed by atoms with Crippen LogP contribution in [0.25, 0.3) is 21.3 Å². The van der Waals surface area contributed by atoms with Crippen LogP contribution < -0.4 is 10.1 Å². The largest absolute Gasteiger partial charge is 0.488 e. The van der Waals surface area contributed by atoms with Gasteiger partial charge in [-0.15, -0.1) is 11.3 Å². The van der Waals surface area contributed by atoms with Gasteiger partial charge in [0.1, 0.15) is 11.9 Å². The highest BCUT2D eigenvalue weighted by molar-refractivity contribution is 7.19. The monoisotopic (exact) mass is 498 g/mol. The number of benzene rings is 1. The number of pyridine rings is 1. The third-order valence-electron chi connectivity index (χ3n) is 6.36. The van der Waals surface area contributed by atoms with Crippen LogP contribution >= 0.6 is 22.9 Å². The number of fused-ring (bicyclic) bond motifs is 1. The summed E-state index contributed by atoms with van der Waals surface area (Å²) >= 11 is 8.03. The van der Waals surface area contributed by atoms with Gasteiger partial charge in [0.05, 0.1) is 16.8 Å². The van der Waals surface area contributed by atoms with E-state index in [-0.39, 0.29) is 24.6 Å². The molecule has 2 saturated heterocycles. The van der Waals surface area contributed by atoms with Gasteiger partial charge in [0.25, 0.3) is 0 Å². The van der Waals surface area contributed by atoms with Gasteiger partial charge in [-0.25, -0.2) is 4.79 Å². The molecule has 34 heavy (non-hydrogen) atoms. The van der Waals surface area contributed by atoms with E-state index in [9.17, 15) is 9.59 Å². The van der Waals surface area contributed by atoms with Crippen LogP contribution in [-0.4, -0.2) is 59.5 Å². The summed E-state index contributed by atoms with van der Waals surface area (Å²) in [4.78, 5) is 33.3. The van der Waals surface area contributed by atoms with Crippen LogP contribution in [0.1, 0.15) is 29.7 Å². The van der Waals surface area contributed by atoms with Gasteiger partial charge in [0.2, 0.25) is 5.91 Å². The third-order valence-corrected chi connectivity index (χ3v) is 7.72. The zero-order valence-corrected chi connectivity index (χ0v) is 20.8. The second-order valence-electron chi connectivity index (χ2n) is 8.91. The molecule has 1 N–H and O–H groups in total. The molecule has 4 heterocycles. The number of urea groups is 1. The Morgan fingerprint density at radius 2 is 2.12 bits per heavy atom. The Bertz CT molecular complexity index is 1250. The van der Waals surface area contributed by atoms with E-state index in [1.54, 1.807) is 29.5 Å². The summed E-state index contributed by atoms with van der Waals surface area (Å²) < 4.78 is 7.49. The molecule has 2 aromatic heterocycles. The molecular weight excluding hydrogens is 472 g/mol. The average Bonchev–Trinajstić information content (AvgIpc) is 3.24. The summed E-state index contributed by atoms with van der Waals surface area (Å²) in [7, 11) is 1.72. The molecule has 9 heteroatoms. The maximum absolute atomic E-state index is 12.5. The highest BCUT2D eigenvalue weighted by atomic mass is 35.5. The van der Waals surface area contributed by atoms with Crippen LogP contribution in [0.5, 0.6) is 5.75 Å². The second kappa shape index (κ2) is 9.52. The quantitative estimate of drug-likeness (QED) is 0.544. The number of thiophene rings is 1. The molecule has 3 amide bonds.